The van der Waals surface area contributed by atoms with Crippen LogP contribution in [0.1, 0.15) is 16.0 Å². The van der Waals surface area contributed by atoms with Gasteiger partial charge in [0.05, 0.1) is 18.7 Å². The lowest BCUT2D eigenvalue weighted by atomic mass is 10.1. The van der Waals surface area contributed by atoms with Crippen molar-refractivity contribution in [1.29, 1.82) is 0 Å². The number of carbonyl (C=O) groups excluding carboxylic acids is 2. The molecule has 0 unspecified atom stereocenters. The lowest BCUT2D eigenvalue weighted by molar-refractivity contribution is -0.138. The average Bonchev–Trinajstić information content (AvgIpc) is 3.33. The third kappa shape index (κ3) is 3.99. The van der Waals surface area contributed by atoms with Crippen LogP contribution in [0.15, 0.2) is 47.5 Å². The molecular formula is C22H25N3O3S. The molecule has 4 rings (SSSR count). The first-order chi connectivity index (χ1) is 14.1. The van der Waals surface area contributed by atoms with E-state index in [0.29, 0.717) is 30.9 Å². The molecule has 3 heterocycles. The number of aryl methyl sites for hydroxylation is 1. The van der Waals surface area contributed by atoms with Crippen LogP contribution >= 0.6 is 11.3 Å². The zero-order valence-corrected chi connectivity index (χ0v) is 17.3. The lowest BCUT2D eigenvalue weighted by Gasteiger charge is -2.36. The molecule has 2 aromatic rings. The molecule has 29 heavy (non-hydrogen) atoms. The third-order valence-corrected chi connectivity index (χ3v) is 6.36. The minimum Gasteiger partial charge on any atom is -0.395 e. The van der Waals surface area contributed by atoms with Crippen LogP contribution in [0.25, 0.3) is 5.57 Å². The van der Waals surface area contributed by atoms with Crippen molar-refractivity contribution >= 4 is 28.7 Å². The van der Waals surface area contributed by atoms with E-state index in [1.54, 1.807) is 0 Å². The Balaban J connectivity index is 1.62. The van der Waals surface area contributed by atoms with Crippen molar-refractivity contribution in [3.05, 3.63) is 63.5 Å². The highest BCUT2D eigenvalue weighted by Crippen LogP contribution is 2.35. The number of aliphatic hydroxyl groups is 1. The van der Waals surface area contributed by atoms with Crippen LogP contribution in [0, 0.1) is 6.92 Å². The van der Waals surface area contributed by atoms with Gasteiger partial charge >= 0.3 is 0 Å². The molecule has 2 aliphatic heterocycles. The highest BCUT2D eigenvalue weighted by Gasteiger charge is 2.42. The van der Waals surface area contributed by atoms with Crippen LogP contribution in [0.3, 0.4) is 0 Å². The van der Waals surface area contributed by atoms with E-state index in [0.717, 1.165) is 29.1 Å². The molecule has 2 aliphatic rings. The number of amides is 2. The number of β-amino-alcohol motifs (C(OH)–C–C–N with tert-alkyl or cyclic N) is 1. The minimum atomic E-state index is -0.217. The molecule has 0 atom stereocenters. The molecule has 0 aliphatic carbocycles. The summed E-state index contributed by atoms with van der Waals surface area (Å²) in [6.45, 7) is 5.93. The third-order valence-electron chi connectivity index (χ3n) is 5.48. The standard InChI is InChI=1S/C22H25N3O3S/c1-16-4-6-17(7-5-16)15-25-21(27)19(18-3-2-14-29-18)20(22(25)28)24-10-8-23(9-11-24)12-13-26/h2-7,14,26H,8-13,15H2,1H3. The Morgan fingerprint density at radius 3 is 2.34 bits per heavy atom. The number of benzene rings is 1. The second-order valence-corrected chi connectivity index (χ2v) is 8.38. The maximum absolute atomic E-state index is 13.4. The molecule has 1 aromatic heterocycles. The lowest BCUT2D eigenvalue weighted by Crippen LogP contribution is -2.48. The van der Waals surface area contributed by atoms with Crippen molar-refractivity contribution in [2.75, 3.05) is 39.3 Å². The zero-order valence-electron chi connectivity index (χ0n) is 16.5. The first kappa shape index (κ1) is 19.8. The molecular weight excluding hydrogens is 386 g/mol. The fraction of sp³-hybridized carbons (Fsp3) is 0.364. The van der Waals surface area contributed by atoms with E-state index in [-0.39, 0.29) is 25.0 Å². The molecule has 1 N–H and O–H groups in total. The van der Waals surface area contributed by atoms with Crippen molar-refractivity contribution in [3.63, 3.8) is 0 Å². The van der Waals surface area contributed by atoms with E-state index in [1.807, 2.05) is 53.6 Å². The summed E-state index contributed by atoms with van der Waals surface area (Å²) >= 11 is 1.48. The molecule has 2 amide bonds. The molecule has 0 spiro atoms. The molecule has 6 nitrogen and oxygen atoms in total. The summed E-state index contributed by atoms with van der Waals surface area (Å²) in [5, 5.41) is 11.1. The van der Waals surface area contributed by atoms with Gasteiger partial charge in [0.2, 0.25) is 0 Å². The number of aliphatic hydroxyl groups excluding tert-OH is 1. The van der Waals surface area contributed by atoms with Crippen LogP contribution < -0.4 is 0 Å². The van der Waals surface area contributed by atoms with Gasteiger partial charge in [-0.05, 0) is 23.9 Å². The smallest absolute Gasteiger partial charge is 0.278 e. The van der Waals surface area contributed by atoms with Crippen LogP contribution in [0.5, 0.6) is 0 Å². The molecule has 1 aromatic carbocycles. The number of piperazine rings is 1. The van der Waals surface area contributed by atoms with Gasteiger partial charge in [0.15, 0.2) is 0 Å². The predicted octanol–water partition coefficient (Wildman–Crippen LogP) is 1.95. The summed E-state index contributed by atoms with van der Waals surface area (Å²) in [5.74, 6) is -0.430. The number of hydrogen-bond donors (Lipinski definition) is 1. The maximum atomic E-state index is 13.4. The second kappa shape index (κ2) is 8.49. The average molecular weight is 412 g/mol. The first-order valence-corrected chi connectivity index (χ1v) is 10.7. The van der Waals surface area contributed by atoms with Crippen LogP contribution in [0.4, 0.5) is 0 Å². The van der Waals surface area contributed by atoms with Crippen molar-refractivity contribution in [2.45, 2.75) is 13.5 Å². The SMILES string of the molecule is Cc1ccc(CN2C(=O)C(c3cccs3)=C(N3CCN(CCO)CC3)C2=O)cc1. The van der Waals surface area contributed by atoms with Gasteiger partial charge in [-0.2, -0.15) is 0 Å². The van der Waals surface area contributed by atoms with E-state index in [9.17, 15) is 9.59 Å². The molecule has 0 saturated carbocycles. The fourth-order valence-electron chi connectivity index (χ4n) is 3.86. The molecule has 1 fully saturated rings. The number of carbonyl (C=O) groups is 2. The monoisotopic (exact) mass is 411 g/mol. The Hall–Kier alpha value is -2.48. The zero-order chi connectivity index (χ0) is 20.4. The maximum Gasteiger partial charge on any atom is 0.278 e. The van der Waals surface area contributed by atoms with Gasteiger partial charge < -0.3 is 10.0 Å². The Morgan fingerprint density at radius 1 is 1.00 bits per heavy atom. The van der Waals surface area contributed by atoms with E-state index in [2.05, 4.69) is 4.90 Å². The van der Waals surface area contributed by atoms with Gasteiger partial charge in [-0.25, -0.2) is 0 Å². The first-order valence-electron chi connectivity index (χ1n) is 9.86. The van der Waals surface area contributed by atoms with E-state index in [4.69, 9.17) is 5.11 Å². The van der Waals surface area contributed by atoms with Gasteiger partial charge in [-0.3, -0.25) is 19.4 Å². The molecule has 0 radical (unpaired) electrons. The van der Waals surface area contributed by atoms with E-state index >= 15 is 0 Å². The number of thiophene rings is 1. The largest absolute Gasteiger partial charge is 0.395 e. The summed E-state index contributed by atoms with van der Waals surface area (Å²) < 4.78 is 0. The van der Waals surface area contributed by atoms with Crippen LogP contribution in [-0.2, 0) is 16.1 Å². The number of rotatable bonds is 6. The normalized spacial score (nSPS) is 18.3. The Labute approximate surface area is 174 Å². The van der Waals surface area contributed by atoms with Crippen molar-refractivity contribution in [1.82, 2.24) is 14.7 Å². The highest BCUT2D eigenvalue weighted by atomic mass is 32.1. The van der Waals surface area contributed by atoms with Gasteiger partial charge in [0.25, 0.3) is 11.8 Å². The van der Waals surface area contributed by atoms with Gasteiger partial charge in [-0.1, -0.05) is 35.9 Å². The Bertz CT molecular complexity index is 913. The van der Waals surface area contributed by atoms with Crippen LogP contribution in [-0.4, -0.2) is 71.0 Å². The van der Waals surface area contributed by atoms with Crippen molar-refractivity contribution in [2.24, 2.45) is 0 Å². The second-order valence-electron chi connectivity index (χ2n) is 7.44. The molecule has 152 valence electrons. The van der Waals surface area contributed by atoms with E-state index < -0.39 is 0 Å². The van der Waals surface area contributed by atoms with Crippen molar-refractivity contribution < 1.29 is 14.7 Å². The Kier molecular flexibility index (Phi) is 5.80. The quantitative estimate of drug-likeness (QED) is 0.736. The van der Waals surface area contributed by atoms with E-state index in [1.165, 1.54) is 16.2 Å². The summed E-state index contributed by atoms with van der Waals surface area (Å²) in [6.07, 6.45) is 0. The summed E-state index contributed by atoms with van der Waals surface area (Å²) in [7, 11) is 0. The number of imide groups is 1. The molecule has 1 saturated heterocycles. The topological polar surface area (TPSA) is 64.1 Å². The van der Waals surface area contributed by atoms with Gasteiger partial charge in [0.1, 0.15) is 5.70 Å². The summed E-state index contributed by atoms with van der Waals surface area (Å²) in [5.41, 5.74) is 3.13. The molecule has 7 heteroatoms. The summed E-state index contributed by atoms with van der Waals surface area (Å²) in [6, 6.07) is 11.7. The predicted molar refractivity (Wildman–Crippen MR) is 113 cm³/mol. The fourth-order valence-corrected chi connectivity index (χ4v) is 4.62. The molecule has 0 bridgehead atoms. The summed E-state index contributed by atoms with van der Waals surface area (Å²) in [4.78, 5) is 33.1. The van der Waals surface area contributed by atoms with Crippen LogP contribution in [0.2, 0.25) is 0 Å². The van der Waals surface area contributed by atoms with Gasteiger partial charge in [0, 0.05) is 37.6 Å². The number of nitrogens with zero attached hydrogens (tertiary/aromatic N) is 3. The van der Waals surface area contributed by atoms with Gasteiger partial charge in [-0.15, -0.1) is 11.3 Å². The van der Waals surface area contributed by atoms with Crippen molar-refractivity contribution in [3.8, 4) is 0 Å². The number of hydrogen-bond acceptors (Lipinski definition) is 6. The highest BCUT2D eigenvalue weighted by molar-refractivity contribution is 7.11. The minimum absolute atomic E-state index is 0.130. The Morgan fingerprint density at radius 2 is 1.72 bits per heavy atom.